The van der Waals surface area contributed by atoms with Crippen LogP contribution in [0.2, 0.25) is 0 Å². The van der Waals surface area contributed by atoms with Gasteiger partial charge in [-0.05, 0) is 35.4 Å². The lowest BCUT2D eigenvalue weighted by Gasteiger charge is -2.00. The molecule has 13 heteroatoms. The van der Waals surface area contributed by atoms with Crippen molar-refractivity contribution in [3.63, 3.8) is 0 Å². The highest BCUT2D eigenvalue weighted by atomic mass is 79.9. The number of anilines is 1. The van der Waals surface area contributed by atoms with Crippen LogP contribution in [0.4, 0.5) is 17.3 Å². The van der Waals surface area contributed by atoms with Crippen molar-refractivity contribution in [3.8, 4) is 0 Å². The Morgan fingerprint density at radius 2 is 1.50 bits per heavy atom. The second-order valence-corrected chi connectivity index (χ2v) is 6.84. The van der Waals surface area contributed by atoms with Crippen LogP contribution in [0.1, 0.15) is 11.1 Å². The second-order valence-electron chi connectivity index (χ2n) is 6.84. The molecule has 4 aromatic rings. The number of fused-ring (bicyclic) bond motifs is 1. The van der Waals surface area contributed by atoms with E-state index in [1.165, 1.54) is 24.3 Å². The smallest absolute Gasteiger partial charge is 0.311 e. The first-order chi connectivity index (χ1) is 14.8. The first-order valence-electron chi connectivity index (χ1n) is 9.06. The molecule has 0 saturated carbocycles. The number of non-ortho nitro benzene ring substituents is 2. The molecule has 3 N–H and O–H groups in total. The molecule has 32 heavy (non-hydrogen) atoms. The van der Waals surface area contributed by atoms with E-state index in [4.69, 9.17) is 5.73 Å². The minimum atomic E-state index is -0.482. The summed E-state index contributed by atoms with van der Waals surface area (Å²) in [5.41, 5.74) is 7.40. The van der Waals surface area contributed by atoms with Crippen molar-refractivity contribution in [1.82, 2.24) is 14.5 Å². The number of imidazole rings is 1. The third-order valence-electron chi connectivity index (χ3n) is 4.73. The van der Waals surface area contributed by atoms with Gasteiger partial charge in [0, 0.05) is 24.3 Å². The highest BCUT2D eigenvalue weighted by Crippen LogP contribution is 2.16. The Bertz CT molecular complexity index is 1360. The number of nitro groups is 2. The summed E-state index contributed by atoms with van der Waals surface area (Å²) >= 11 is 0. The number of aromatic amines is 1. The summed E-state index contributed by atoms with van der Waals surface area (Å²) in [4.78, 5) is 40.0. The largest absolute Gasteiger partial charge is 1.00 e. The molecule has 4 rings (SSSR count). The molecule has 0 fully saturated rings. The number of nitrogens with two attached hydrogens (primary N) is 1. The number of nitrogens with one attached hydrogen (secondary N) is 1. The summed E-state index contributed by atoms with van der Waals surface area (Å²) < 4.78 is 3.39. The monoisotopic (exact) mass is 501 g/mol. The second kappa shape index (κ2) is 8.93. The van der Waals surface area contributed by atoms with Crippen molar-refractivity contribution >= 4 is 28.5 Å². The molecule has 0 aliphatic carbocycles. The van der Waals surface area contributed by atoms with E-state index < -0.39 is 15.4 Å². The topological polar surface area (TPSA) is 167 Å². The number of H-pyrrole nitrogens is 1. The normalized spacial score (nSPS) is 10.6. The summed E-state index contributed by atoms with van der Waals surface area (Å²) in [6.45, 7) is 0.577. The Morgan fingerprint density at radius 3 is 2.03 bits per heavy atom. The van der Waals surface area contributed by atoms with Crippen molar-refractivity contribution in [2.24, 2.45) is 0 Å². The van der Waals surface area contributed by atoms with Crippen molar-refractivity contribution in [1.29, 1.82) is 0 Å². The Balaban J connectivity index is 0.00000289. The first-order valence-corrected chi connectivity index (χ1v) is 9.06. The Hall–Kier alpha value is -4.13. The van der Waals surface area contributed by atoms with Gasteiger partial charge >= 0.3 is 5.65 Å². The van der Waals surface area contributed by atoms with Gasteiger partial charge in [0.25, 0.3) is 22.9 Å². The highest BCUT2D eigenvalue weighted by molar-refractivity contribution is 5.67. The maximum absolute atomic E-state index is 12.6. The number of nitrogen functional groups attached to an aromatic ring is 1. The number of benzene rings is 2. The lowest BCUT2D eigenvalue weighted by Crippen LogP contribution is -3.00. The maximum atomic E-state index is 12.6. The van der Waals surface area contributed by atoms with Crippen LogP contribution < -0.4 is 32.8 Å². The fourth-order valence-corrected chi connectivity index (χ4v) is 3.29. The number of hydrogen-bond acceptors (Lipinski definition) is 7. The lowest BCUT2D eigenvalue weighted by molar-refractivity contribution is -0.665. The molecule has 0 spiro atoms. The van der Waals surface area contributed by atoms with Crippen LogP contribution in [0.25, 0.3) is 11.2 Å². The molecule has 0 atom stereocenters. The van der Waals surface area contributed by atoms with Gasteiger partial charge in [0.1, 0.15) is 0 Å². The van der Waals surface area contributed by atoms with Gasteiger partial charge in [0.2, 0.25) is 5.52 Å². The van der Waals surface area contributed by atoms with Gasteiger partial charge in [-0.2, -0.15) is 0 Å². The SMILES string of the molecule is Nc1nc2c(c(=O)[nH]1)n(Cc1ccc([N+](=O)[O-])cc1)c[n+]2Cc1ccc([N+](=O)[O-])cc1.[Br-]. The zero-order valence-electron chi connectivity index (χ0n) is 16.3. The minimum absolute atomic E-state index is 0. The third-order valence-corrected chi connectivity index (χ3v) is 4.73. The van der Waals surface area contributed by atoms with Crippen LogP contribution in [0.5, 0.6) is 0 Å². The van der Waals surface area contributed by atoms with Crippen LogP contribution in [0.3, 0.4) is 0 Å². The number of hydrogen-bond donors (Lipinski definition) is 2. The summed E-state index contributed by atoms with van der Waals surface area (Å²) in [7, 11) is 0. The Kier molecular flexibility index (Phi) is 6.30. The standard InChI is InChI=1S/C19H15N7O5.BrH/c20-19-21-17-16(18(27)22-19)23(9-12-1-5-14(6-2-12)25(28)29)11-24(17)10-13-3-7-15(8-4-13)26(30)31;/h1-8,11H,9-10H2,(H2-,20,21,22,27);1H. The maximum Gasteiger partial charge on any atom is 0.311 e. The number of rotatable bonds is 6. The van der Waals surface area contributed by atoms with E-state index in [1.807, 2.05) is 0 Å². The molecule has 2 heterocycles. The van der Waals surface area contributed by atoms with Crippen LogP contribution >= 0.6 is 0 Å². The predicted octanol–water partition coefficient (Wildman–Crippen LogP) is -1.49. The van der Waals surface area contributed by atoms with Gasteiger partial charge in [-0.3, -0.25) is 34.6 Å². The summed E-state index contributed by atoms with van der Waals surface area (Å²) in [6, 6.07) is 12.1. The van der Waals surface area contributed by atoms with E-state index in [2.05, 4.69) is 9.97 Å². The zero-order valence-corrected chi connectivity index (χ0v) is 17.9. The average Bonchev–Trinajstić information content (AvgIpc) is 3.05. The van der Waals surface area contributed by atoms with Crippen molar-refractivity contribution in [2.45, 2.75) is 13.1 Å². The molecule has 0 unspecified atom stereocenters. The molecule has 0 amide bonds. The van der Waals surface area contributed by atoms with Crippen molar-refractivity contribution in [2.75, 3.05) is 5.73 Å². The Morgan fingerprint density at radius 1 is 0.969 bits per heavy atom. The van der Waals surface area contributed by atoms with Crippen LogP contribution in [0, 0.1) is 20.2 Å². The molecule has 2 aromatic carbocycles. The summed E-state index contributed by atoms with van der Waals surface area (Å²) in [6.07, 6.45) is 1.69. The van der Waals surface area contributed by atoms with Gasteiger partial charge in [0.15, 0.2) is 6.33 Å². The summed E-state index contributed by atoms with van der Waals surface area (Å²) in [5.74, 6) is -0.0389. The van der Waals surface area contributed by atoms with E-state index in [9.17, 15) is 25.0 Å². The molecule has 0 aliphatic heterocycles. The number of nitrogens with zero attached hydrogens (tertiary/aromatic N) is 5. The van der Waals surface area contributed by atoms with Crippen LogP contribution in [-0.2, 0) is 13.1 Å². The third kappa shape index (κ3) is 4.46. The number of halogens is 1. The number of nitro benzene ring substituents is 2. The molecule has 164 valence electrons. The first kappa shape index (κ1) is 22.6. The molecule has 0 radical (unpaired) electrons. The molecule has 12 nitrogen and oxygen atoms in total. The van der Waals surface area contributed by atoms with E-state index in [-0.39, 0.29) is 46.4 Å². The Labute approximate surface area is 190 Å². The summed E-state index contributed by atoms with van der Waals surface area (Å²) in [5, 5.41) is 21.7. The molecule has 0 saturated heterocycles. The van der Waals surface area contributed by atoms with E-state index in [1.54, 1.807) is 39.7 Å². The highest BCUT2D eigenvalue weighted by Gasteiger charge is 2.22. The quantitative estimate of drug-likeness (QED) is 0.184. The van der Waals surface area contributed by atoms with Crippen molar-refractivity contribution in [3.05, 3.63) is 96.6 Å². The lowest BCUT2D eigenvalue weighted by atomic mass is 10.2. The minimum Gasteiger partial charge on any atom is -1.00 e. The molecule has 0 bridgehead atoms. The molecule has 0 aliphatic rings. The van der Waals surface area contributed by atoms with Crippen molar-refractivity contribution < 1.29 is 31.4 Å². The van der Waals surface area contributed by atoms with E-state index in [0.29, 0.717) is 12.2 Å². The van der Waals surface area contributed by atoms with E-state index >= 15 is 0 Å². The average molecular weight is 502 g/mol. The van der Waals surface area contributed by atoms with Gasteiger partial charge in [-0.15, -0.1) is 0 Å². The predicted molar refractivity (Wildman–Crippen MR) is 109 cm³/mol. The fourth-order valence-electron chi connectivity index (χ4n) is 3.29. The zero-order chi connectivity index (χ0) is 22.1. The van der Waals surface area contributed by atoms with Gasteiger partial charge in [-0.1, -0.05) is 4.98 Å². The molecule has 2 aromatic heterocycles. The van der Waals surface area contributed by atoms with Gasteiger partial charge in [-0.25, -0.2) is 4.57 Å². The van der Waals surface area contributed by atoms with Crippen LogP contribution in [-0.4, -0.2) is 24.4 Å². The van der Waals surface area contributed by atoms with Gasteiger partial charge in [0.05, 0.1) is 22.9 Å². The van der Waals surface area contributed by atoms with Crippen LogP contribution in [0.15, 0.2) is 59.7 Å². The molecular weight excluding hydrogens is 486 g/mol. The molecular formula is C19H16BrN7O5. The number of aromatic nitrogens is 4. The van der Waals surface area contributed by atoms with E-state index in [0.717, 1.165) is 11.1 Å². The van der Waals surface area contributed by atoms with Gasteiger partial charge < -0.3 is 22.7 Å². The fraction of sp³-hybridized carbons (Fsp3) is 0.105.